The minimum atomic E-state index is -1.96. The Labute approximate surface area is 176 Å². The number of ether oxygens (including phenoxy) is 1. The zero-order valence-corrected chi connectivity index (χ0v) is 23.5. The minimum Gasteiger partial charge on any atom is -0.409 e. The predicted molar refractivity (Wildman–Crippen MR) is 124 cm³/mol. The van der Waals surface area contributed by atoms with Crippen LogP contribution in [0.25, 0.3) is 0 Å². The van der Waals surface area contributed by atoms with Crippen LogP contribution in [0.3, 0.4) is 0 Å². The molecule has 28 heavy (non-hydrogen) atoms. The molecule has 0 unspecified atom stereocenters. The summed E-state index contributed by atoms with van der Waals surface area (Å²) in [4.78, 5) is 12.3. The lowest BCUT2D eigenvalue weighted by Crippen LogP contribution is -2.66. The number of carbonyl (C=O) groups excluding carboxylic acids is 1. The third-order valence-corrected chi connectivity index (χ3v) is 7.36. The summed E-state index contributed by atoms with van der Waals surface area (Å²) in [7, 11) is -2.55. The van der Waals surface area contributed by atoms with Gasteiger partial charge in [0, 0.05) is 0 Å². The standard InChI is InChI=1S/C18H40NO5PSi3/c1-12(20)14(19-25)16-18(24-28(9,10)11)17(23-27(6,7)8)15(13(2)21-16)22-26(3,4)5/h13-18,25H,1-11H3/t13-,14-,15+,16-,17-,18+/m1/s1. The Morgan fingerprint density at radius 2 is 1.25 bits per heavy atom. The molecule has 1 aliphatic heterocycles. The van der Waals surface area contributed by atoms with Gasteiger partial charge in [-0.2, -0.15) is 0 Å². The Kier molecular flexibility index (Phi) is 9.01. The van der Waals surface area contributed by atoms with Gasteiger partial charge in [-0.25, -0.2) is 0 Å². The van der Waals surface area contributed by atoms with E-state index in [1.54, 1.807) is 0 Å². The quantitative estimate of drug-likeness (QED) is 0.364. The van der Waals surface area contributed by atoms with Crippen LogP contribution >= 0.6 is 9.03 Å². The van der Waals surface area contributed by atoms with E-state index in [1.165, 1.54) is 6.92 Å². The maximum absolute atomic E-state index is 12.3. The van der Waals surface area contributed by atoms with Crippen LogP contribution in [0.15, 0.2) is 4.74 Å². The number of Topliss-reactive ketones (excluding diaryl/α,β-unsaturated/α-hetero) is 1. The third-order valence-electron chi connectivity index (χ3n) is 4.14. The van der Waals surface area contributed by atoms with E-state index >= 15 is 0 Å². The van der Waals surface area contributed by atoms with Crippen molar-refractivity contribution in [3.05, 3.63) is 0 Å². The van der Waals surface area contributed by atoms with Crippen molar-refractivity contribution in [3.8, 4) is 0 Å². The Morgan fingerprint density at radius 1 is 0.857 bits per heavy atom. The molecule has 0 amide bonds. The molecule has 0 aliphatic carbocycles. The van der Waals surface area contributed by atoms with E-state index in [4.69, 9.17) is 18.0 Å². The fourth-order valence-corrected chi connectivity index (χ4v) is 6.99. The monoisotopic (exact) mass is 465 g/mol. The van der Waals surface area contributed by atoms with Crippen LogP contribution in [0.5, 0.6) is 0 Å². The molecule has 6 atom stereocenters. The summed E-state index contributed by atoms with van der Waals surface area (Å²) in [5.41, 5.74) is 0. The number of hydrogen-bond donors (Lipinski definition) is 0. The molecule has 1 saturated heterocycles. The first kappa shape index (κ1) is 26.3. The van der Waals surface area contributed by atoms with Crippen molar-refractivity contribution in [1.29, 1.82) is 0 Å². The minimum absolute atomic E-state index is 0.0623. The zero-order chi connectivity index (χ0) is 22.1. The van der Waals surface area contributed by atoms with E-state index in [0.29, 0.717) is 0 Å². The van der Waals surface area contributed by atoms with Crippen molar-refractivity contribution < 1.29 is 22.8 Å². The topological polar surface area (TPSA) is 66.4 Å². The summed E-state index contributed by atoms with van der Waals surface area (Å²) in [5.74, 6) is -0.0623. The third kappa shape index (κ3) is 8.18. The molecule has 164 valence electrons. The molecule has 0 aromatic heterocycles. The Hall–Kier alpha value is 0.261. The first-order chi connectivity index (χ1) is 12.4. The summed E-state index contributed by atoms with van der Waals surface area (Å²) < 4.78 is 30.3. The van der Waals surface area contributed by atoms with Gasteiger partial charge in [0.2, 0.25) is 0 Å². The van der Waals surface area contributed by atoms with Crippen molar-refractivity contribution in [2.75, 3.05) is 0 Å². The smallest absolute Gasteiger partial charge is 0.184 e. The largest absolute Gasteiger partial charge is 0.409 e. The first-order valence-corrected chi connectivity index (χ1v) is 20.7. The van der Waals surface area contributed by atoms with E-state index < -0.39 is 43.2 Å². The van der Waals surface area contributed by atoms with Crippen LogP contribution in [0.4, 0.5) is 0 Å². The lowest BCUT2D eigenvalue weighted by atomic mass is 9.91. The highest BCUT2D eigenvalue weighted by molar-refractivity contribution is 7.04. The highest BCUT2D eigenvalue weighted by atomic mass is 31.0. The maximum Gasteiger partial charge on any atom is 0.184 e. The second-order valence-corrected chi connectivity index (χ2v) is 24.2. The summed E-state index contributed by atoms with van der Waals surface area (Å²) in [5, 5.41) is 0. The molecule has 0 aromatic carbocycles. The van der Waals surface area contributed by atoms with E-state index in [0.717, 1.165) is 0 Å². The lowest BCUT2D eigenvalue weighted by molar-refractivity contribution is -0.206. The molecule has 0 aromatic rings. The van der Waals surface area contributed by atoms with Crippen molar-refractivity contribution in [2.45, 2.75) is 109 Å². The Morgan fingerprint density at radius 3 is 1.61 bits per heavy atom. The normalized spacial score (nSPS) is 30.8. The van der Waals surface area contributed by atoms with Crippen LogP contribution in [0.2, 0.25) is 58.9 Å². The molecule has 0 spiro atoms. The van der Waals surface area contributed by atoms with E-state index in [9.17, 15) is 4.79 Å². The van der Waals surface area contributed by atoms with Gasteiger partial charge in [-0.1, -0.05) is 0 Å². The molecule has 0 radical (unpaired) electrons. The Bertz CT molecular complexity index is 559. The molecule has 0 saturated carbocycles. The average Bonchev–Trinajstić information content (AvgIpc) is 2.43. The first-order valence-electron chi connectivity index (χ1n) is 10.0. The second-order valence-electron chi connectivity index (χ2n) is 10.6. The van der Waals surface area contributed by atoms with Gasteiger partial charge in [0.15, 0.2) is 30.7 Å². The zero-order valence-electron chi connectivity index (χ0n) is 19.5. The fourth-order valence-electron chi connectivity index (χ4n) is 3.35. The van der Waals surface area contributed by atoms with Gasteiger partial charge in [-0.3, -0.25) is 9.54 Å². The Balaban J connectivity index is 3.46. The fraction of sp³-hybridized carbons (Fsp3) is 0.944. The van der Waals surface area contributed by atoms with Gasteiger partial charge < -0.3 is 18.0 Å². The number of nitrogens with zero attached hydrogens (tertiary/aromatic N) is 1. The summed E-state index contributed by atoms with van der Waals surface area (Å²) in [6, 6.07) is -0.652. The van der Waals surface area contributed by atoms with Gasteiger partial charge in [-0.05, 0) is 81.8 Å². The van der Waals surface area contributed by atoms with Gasteiger partial charge >= 0.3 is 0 Å². The molecule has 1 fully saturated rings. The van der Waals surface area contributed by atoms with Crippen LogP contribution in [0, 0.1) is 0 Å². The van der Waals surface area contributed by atoms with Crippen molar-refractivity contribution >= 4 is 39.8 Å². The molecule has 0 bridgehead atoms. The molecule has 1 rings (SSSR count). The van der Waals surface area contributed by atoms with E-state index in [2.05, 4.69) is 72.7 Å². The van der Waals surface area contributed by atoms with Crippen molar-refractivity contribution in [3.63, 3.8) is 0 Å². The predicted octanol–water partition coefficient (Wildman–Crippen LogP) is 4.72. The summed E-state index contributed by atoms with van der Waals surface area (Å²) >= 11 is 0. The molecular weight excluding hydrogens is 425 g/mol. The number of rotatable bonds is 9. The number of ketones is 1. The maximum atomic E-state index is 12.3. The van der Waals surface area contributed by atoms with Gasteiger partial charge in [0.25, 0.3) is 0 Å². The van der Waals surface area contributed by atoms with Crippen molar-refractivity contribution in [2.24, 2.45) is 4.74 Å². The van der Waals surface area contributed by atoms with Crippen LogP contribution in [-0.2, 0) is 22.8 Å². The van der Waals surface area contributed by atoms with Gasteiger partial charge in [-0.15, -0.1) is 0 Å². The average molecular weight is 466 g/mol. The van der Waals surface area contributed by atoms with Gasteiger partial charge in [0.1, 0.15) is 18.2 Å². The molecule has 10 heteroatoms. The lowest BCUT2D eigenvalue weighted by Gasteiger charge is -2.51. The summed E-state index contributed by atoms with van der Waals surface area (Å²) in [6.07, 6.45) is -1.69. The molecule has 1 heterocycles. The highest BCUT2D eigenvalue weighted by Gasteiger charge is 2.52. The van der Waals surface area contributed by atoms with Crippen LogP contribution in [-0.4, -0.2) is 67.3 Å². The summed E-state index contributed by atoms with van der Waals surface area (Å²) in [6.45, 7) is 22.9. The van der Waals surface area contributed by atoms with Crippen molar-refractivity contribution in [1.82, 2.24) is 0 Å². The number of carbonyl (C=O) groups is 1. The number of hydrogen-bond acceptors (Lipinski definition) is 6. The SMILES string of the molecule is CC(=O)[C@@H](N=P)[C@H]1O[C@H](C)[C@H](O[Si](C)(C)C)[C@@H](O[Si](C)(C)C)[C@H]1O[Si](C)(C)C. The molecule has 0 N–H and O–H groups in total. The van der Waals surface area contributed by atoms with E-state index in [1.807, 2.05) is 6.92 Å². The van der Waals surface area contributed by atoms with Crippen LogP contribution in [0.1, 0.15) is 13.8 Å². The van der Waals surface area contributed by atoms with Gasteiger partial charge in [0.05, 0.1) is 18.3 Å². The van der Waals surface area contributed by atoms with Crippen LogP contribution < -0.4 is 0 Å². The molecular formula is C18H40NO5PSi3. The molecule has 6 nitrogen and oxygen atoms in total. The highest BCUT2D eigenvalue weighted by Crippen LogP contribution is 2.35. The molecule has 1 aliphatic rings. The second kappa shape index (κ2) is 9.60. The van der Waals surface area contributed by atoms with E-state index in [-0.39, 0.29) is 24.1 Å².